The molecule has 1 atom stereocenters. The molecule has 3 heterocycles. The van der Waals surface area contributed by atoms with Crippen molar-refractivity contribution in [1.82, 2.24) is 19.1 Å². The van der Waals surface area contributed by atoms with E-state index in [4.69, 9.17) is 0 Å². The summed E-state index contributed by atoms with van der Waals surface area (Å²) in [6.07, 6.45) is 4.35. The third-order valence-corrected chi connectivity index (χ3v) is 9.18. The summed E-state index contributed by atoms with van der Waals surface area (Å²) in [5.41, 5.74) is 0.557. The lowest BCUT2D eigenvalue weighted by Crippen LogP contribution is -2.27. The quantitative estimate of drug-likeness (QED) is 0.460. The van der Waals surface area contributed by atoms with Crippen molar-refractivity contribution < 1.29 is 13.2 Å². The topological polar surface area (TPSA) is 97.2 Å². The van der Waals surface area contributed by atoms with Crippen LogP contribution in [0.5, 0.6) is 0 Å². The van der Waals surface area contributed by atoms with Crippen LogP contribution in [0, 0.1) is 0 Å². The van der Waals surface area contributed by atoms with Crippen LogP contribution in [0.25, 0.3) is 0 Å². The summed E-state index contributed by atoms with van der Waals surface area (Å²) in [5, 5.41) is 13.3. The number of hydrogen-bond acceptors (Lipinski definition) is 7. The van der Waals surface area contributed by atoms with Gasteiger partial charge in [0.15, 0.2) is 5.16 Å². The van der Waals surface area contributed by atoms with Crippen molar-refractivity contribution >= 4 is 44.7 Å². The summed E-state index contributed by atoms with van der Waals surface area (Å²) in [7, 11) is -3.46. The van der Waals surface area contributed by atoms with Gasteiger partial charge in [0.05, 0.1) is 10.1 Å². The van der Waals surface area contributed by atoms with Gasteiger partial charge in [-0.2, -0.15) is 4.31 Å². The first-order valence-corrected chi connectivity index (χ1v) is 13.6. The normalized spacial score (nSPS) is 15.7. The first-order valence-electron chi connectivity index (χ1n) is 10.4. The summed E-state index contributed by atoms with van der Waals surface area (Å²) in [4.78, 5) is 14.2. The molecule has 4 rings (SSSR count). The number of thiophene rings is 1. The zero-order chi connectivity index (χ0) is 22.6. The van der Waals surface area contributed by atoms with Gasteiger partial charge in [-0.3, -0.25) is 4.79 Å². The van der Waals surface area contributed by atoms with Crippen molar-refractivity contribution in [3.63, 3.8) is 0 Å². The van der Waals surface area contributed by atoms with Gasteiger partial charge in [-0.1, -0.05) is 17.8 Å². The van der Waals surface area contributed by atoms with E-state index in [-0.39, 0.29) is 10.8 Å². The van der Waals surface area contributed by atoms with E-state index in [2.05, 4.69) is 27.0 Å². The average Bonchev–Trinajstić information content (AvgIpc) is 3.55. The molecule has 1 fully saturated rings. The number of rotatable bonds is 9. The second-order valence-electron chi connectivity index (χ2n) is 7.52. The molecule has 1 aliphatic rings. The van der Waals surface area contributed by atoms with Crippen molar-refractivity contribution in [3.8, 4) is 0 Å². The molecule has 1 N–H and O–H groups in total. The molecule has 1 saturated heterocycles. The van der Waals surface area contributed by atoms with Gasteiger partial charge in [0.2, 0.25) is 15.9 Å². The van der Waals surface area contributed by atoms with Gasteiger partial charge in [0, 0.05) is 30.2 Å². The van der Waals surface area contributed by atoms with Crippen LogP contribution in [0.4, 0.5) is 5.69 Å². The number of aromatic nitrogens is 3. The smallest absolute Gasteiger partial charge is 0.243 e. The molecule has 0 saturated carbocycles. The van der Waals surface area contributed by atoms with E-state index in [1.807, 2.05) is 17.6 Å². The number of thioether (sulfide) groups is 1. The molecule has 0 bridgehead atoms. The molecule has 1 unspecified atom stereocenters. The Bertz CT molecular complexity index is 1140. The van der Waals surface area contributed by atoms with E-state index >= 15 is 0 Å². The van der Waals surface area contributed by atoms with Crippen LogP contribution in [0.15, 0.2) is 58.2 Å². The van der Waals surface area contributed by atoms with E-state index in [0.717, 1.165) is 25.8 Å². The predicted molar refractivity (Wildman–Crippen MR) is 126 cm³/mol. The van der Waals surface area contributed by atoms with Crippen LogP contribution in [0.1, 0.15) is 24.6 Å². The maximum absolute atomic E-state index is 12.7. The first-order chi connectivity index (χ1) is 15.4. The highest BCUT2D eigenvalue weighted by molar-refractivity contribution is 8.00. The fourth-order valence-electron chi connectivity index (χ4n) is 3.42. The Morgan fingerprint density at radius 3 is 2.66 bits per heavy atom. The maximum atomic E-state index is 12.7. The van der Waals surface area contributed by atoms with Crippen LogP contribution in [-0.2, 0) is 27.8 Å². The summed E-state index contributed by atoms with van der Waals surface area (Å²) < 4.78 is 28.7. The van der Waals surface area contributed by atoms with Crippen LogP contribution < -0.4 is 5.32 Å². The SMILES string of the molecule is CC(Sc1nncn1CCc1cccs1)C(=O)Nc1ccc(S(=O)(=O)N2CCCC2)cc1. The summed E-state index contributed by atoms with van der Waals surface area (Å²) in [6, 6.07) is 10.5. The fourth-order valence-corrected chi connectivity index (χ4v) is 6.48. The second-order valence-corrected chi connectivity index (χ2v) is 11.8. The zero-order valence-corrected chi connectivity index (χ0v) is 20.1. The molecule has 1 amide bonds. The minimum Gasteiger partial charge on any atom is -0.325 e. The fraction of sp³-hybridized carbons (Fsp3) is 0.381. The largest absolute Gasteiger partial charge is 0.325 e. The van der Waals surface area contributed by atoms with E-state index in [1.165, 1.54) is 20.9 Å². The van der Waals surface area contributed by atoms with Gasteiger partial charge in [0.1, 0.15) is 6.33 Å². The van der Waals surface area contributed by atoms with Crippen LogP contribution in [-0.4, -0.2) is 51.7 Å². The molecular formula is C21H25N5O3S3. The third-order valence-electron chi connectivity index (χ3n) is 5.24. The Kier molecular flexibility index (Phi) is 7.29. The van der Waals surface area contributed by atoms with Crippen LogP contribution >= 0.6 is 23.1 Å². The minimum absolute atomic E-state index is 0.182. The van der Waals surface area contributed by atoms with E-state index in [1.54, 1.807) is 41.9 Å². The lowest BCUT2D eigenvalue weighted by atomic mass is 10.3. The number of nitrogens with one attached hydrogen (secondary N) is 1. The van der Waals surface area contributed by atoms with E-state index in [9.17, 15) is 13.2 Å². The molecule has 1 aliphatic heterocycles. The number of amides is 1. The molecule has 0 aliphatic carbocycles. The highest BCUT2D eigenvalue weighted by atomic mass is 32.2. The summed E-state index contributed by atoms with van der Waals surface area (Å²) in [6.45, 7) is 3.68. The van der Waals surface area contributed by atoms with Gasteiger partial charge in [-0.05, 0) is 61.9 Å². The first kappa shape index (κ1) is 23.0. The van der Waals surface area contributed by atoms with Crippen LogP contribution in [0.3, 0.4) is 0 Å². The average molecular weight is 492 g/mol. The molecule has 1 aromatic carbocycles. The number of carbonyl (C=O) groups excluding carboxylic acids is 1. The van der Waals surface area contributed by atoms with Gasteiger partial charge in [-0.25, -0.2) is 8.42 Å². The number of benzene rings is 1. The number of hydrogen-bond donors (Lipinski definition) is 1. The standard InChI is InChI=1S/C21H25N5O3S3/c1-16(31-21-24-22-15-25(21)13-10-18-5-4-14-30-18)20(27)23-17-6-8-19(9-7-17)32(28,29)26-11-2-3-12-26/h4-9,14-16H,2-3,10-13H2,1H3,(H,23,27). The lowest BCUT2D eigenvalue weighted by molar-refractivity contribution is -0.115. The third kappa shape index (κ3) is 5.40. The van der Waals surface area contributed by atoms with Crippen molar-refractivity contribution in [1.29, 1.82) is 0 Å². The maximum Gasteiger partial charge on any atom is 0.243 e. The van der Waals surface area contributed by atoms with Crippen molar-refractivity contribution in [3.05, 3.63) is 53.0 Å². The number of sulfonamides is 1. The highest BCUT2D eigenvalue weighted by Crippen LogP contribution is 2.25. The molecule has 0 spiro atoms. The van der Waals surface area contributed by atoms with Crippen molar-refractivity contribution in [2.24, 2.45) is 0 Å². The second kappa shape index (κ2) is 10.2. The molecule has 8 nitrogen and oxygen atoms in total. The molecular weight excluding hydrogens is 466 g/mol. The van der Waals surface area contributed by atoms with Gasteiger partial charge >= 0.3 is 0 Å². The molecule has 2 aromatic heterocycles. The van der Waals surface area contributed by atoms with Crippen LogP contribution in [0.2, 0.25) is 0 Å². The summed E-state index contributed by atoms with van der Waals surface area (Å²) >= 11 is 3.06. The van der Waals surface area contributed by atoms with Gasteiger partial charge in [-0.15, -0.1) is 21.5 Å². The Hall–Kier alpha value is -2.21. The van der Waals surface area contributed by atoms with Gasteiger partial charge in [0.25, 0.3) is 0 Å². The van der Waals surface area contributed by atoms with Crippen molar-refractivity contribution in [2.75, 3.05) is 18.4 Å². The highest BCUT2D eigenvalue weighted by Gasteiger charge is 2.27. The number of anilines is 1. The predicted octanol–water partition coefficient (Wildman–Crippen LogP) is 3.49. The monoisotopic (exact) mass is 491 g/mol. The molecule has 3 aromatic rings. The molecule has 170 valence electrons. The van der Waals surface area contributed by atoms with E-state index in [0.29, 0.717) is 23.9 Å². The Morgan fingerprint density at radius 2 is 1.97 bits per heavy atom. The number of carbonyl (C=O) groups is 1. The zero-order valence-electron chi connectivity index (χ0n) is 17.7. The molecule has 32 heavy (non-hydrogen) atoms. The van der Waals surface area contributed by atoms with Gasteiger partial charge < -0.3 is 9.88 Å². The summed E-state index contributed by atoms with van der Waals surface area (Å²) in [5.74, 6) is -0.182. The Morgan fingerprint density at radius 1 is 1.22 bits per heavy atom. The number of nitrogens with zero attached hydrogens (tertiary/aromatic N) is 4. The number of aryl methyl sites for hydroxylation is 2. The Balaban J connectivity index is 1.33. The van der Waals surface area contributed by atoms with Crippen molar-refractivity contribution in [2.45, 2.75) is 48.0 Å². The molecule has 11 heteroatoms. The Labute approximate surface area is 196 Å². The lowest BCUT2D eigenvalue weighted by Gasteiger charge is -2.16. The van der Waals surface area contributed by atoms with E-state index < -0.39 is 15.3 Å². The minimum atomic E-state index is -3.46. The molecule has 0 radical (unpaired) electrons.